The molecule has 0 bridgehead atoms. The van der Waals surface area contributed by atoms with Crippen molar-refractivity contribution in [2.24, 2.45) is 0 Å². The first-order valence-electron chi connectivity index (χ1n) is 12.9. The van der Waals surface area contributed by atoms with Gasteiger partial charge in [0.05, 0.1) is 25.3 Å². The van der Waals surface area contributed by atoms with E-state index in [4.69, 9.17) is 23.1 Å². The highest BCUT2D eigenvalue weighted by molar-refractivity contribution is 6.86. The Morgan fingerprint density at radius 2 is 0.973 bits per heavy atom. The van der Waals surface area contributed by atoms with Crippen LogP contribution in [0.25, 0.3) is 0 Å². The van der Waals surface area contributed by atoms with Crippen molar-refractivity contribution < 1.29 is 32.7 Å². The van der Waals surface area contributed by atoms with Crippen molar-refractivity contribution in [3.63, 3.8) is 0 Å². The van der Waals surface area contributed by atoms with E-state index in [1.54, 1.807) is 24.3 Å². The van der Waals surface area contributed by atoms with Gasteiger partial charge >= 0.3 is 11.9 Å². The minimum Gasteiger partial charge on any atom is -0.491 e. The fourth-order valence-electron chi connectivity index (χ4n) is 4.33. The SMILES string of the molecule is CCCC(Oc1ccc(C(=O)OC)cc1)[Si](C)(C)O[Si](C)(C)C(CCC)Oc1ccc(C(=O)OC)cc1. The van der Waals surface area contributed by atoms with E-state index in [0.717, 1.165) is 25.7 Å². The number of hydrogen-bond donors (Lipinski definition) is 0. The fraction of sp³-hybridized carbons (Fsp3) is 0.500. The van der Waals surface area contributed by atoms with Crippen molar-refractivity contribution in [2.75, 3.05) is 14.2 Å². The van der Waals surface area contributed by atoms with Crippen LogP contribution in [0.4, 0.5) is 0 Å². The Morgan fingerprint density at radius 3 is 1.24 bits per heavy atom. The van der Waals surface area contributed by atoms with E-state index in [-0.39, 0.29) is 23.4 Å². The number of hydrogen-bond acceptors (Lipinski definition) is 7. The first kappa shape index (κ1) is 30.6. The molecule has 0 aliphatic heterocycles. The van der Waals surface area contributed by atoms with Gasteiger partial charge in [0, 0.05) is 0 Å². The van der Waals surface area contributed by atoms with Crippen LogP contribution in [0.3, 0.4) is 0 Å². The summed E-state index contributed by atoms with van der Waals surface area (Å²) in [4.78, 5) is 23.5. The summed E-state index contributed by atoms with van der Waals surface area (Å²) in [6, 6.07) is 14.1. The zero-order chi connectivity index (χ0) is 27.6. The molecule has 0 heterocycles. The molecule has 0 aliphatic carbocycles. The van der Waals surface area contributed by atoms with Crippen LogP contribution < -0.4 is 9.47 Å². The highest BCUT2D eigenvalue weighted by atomic mass is 28.4. The molecule has 0 spiro atoms. The lowest BCUT2D eigenvalue weighted by atomic mass is 10.2. The quantitative estimate of drug-likeness (QED) is 0.196. The maximum atomic E-state index is 11.8. The van der Waals surface area contributed by atoms with Crippen molar-refractivity contribution in [1.29, 1.82) is 0 Å². The number of benzene rings is 2. The van der Waals surface area contributed by atoms with Crippen LogP contribution >= 0.6 is 0 Å². The molecule has 2 rings (SSSR count). The first-order chi connectivity index (χ1) is 17.5. The molecule has 2 aromatic carbocycles. The highest BCUT2D eigenvalue weighted by Gasteiger charge is 2.45. The zero-order valence-electron chi connectivity index (χ0n) is 23.5. The van der Waals surface area contributed by atoms with Gasteiger partial charge in [0.15, 0.2) is 0 Å². The molecule has 2 unspecified atom stereocenters. The fourth-order valence-corrected chi connectivity index (χ4v) is 13.6. The van der Waals surface area contributed by atoms with E-state index in [9.17, 15) is 9.59 Å². The van der Waals surface area contributed by atoms with E-state index in [0.29, 0.717) is 22.6 Å². The largest absolute Gasteiger partial charge is 0.491 e. The van der Waals surface area contributed by atoms with Gasteiger partial charge in [-0.2, -0.15) is 0 Å². The van der Waals surface area contributed by atoms with Crippen LogP contribution in [-0.2, 0) is 13.6 Å². The van der Waals surface area contributed by atoms with E-state index >= 15 is 0 Å². The molecular formula is C28H42O7Si2. The third-order valence-electron chi connectivity index (χ3n) is 6.29. The van der Waals surface area contributed by atoms with Crippen molar-refractivity contribution in [3.05, 3.63) is 59.7 Å². The molecule has 0 saturated heterocycles. The van der Waals surface area contributed by atoms with Gasteiger partial charge in [-0.1, -0.05) is 26.7 Å². The maximum Gasteiger partial charge on any atom is 0.337 e. The first-order valence-corrected chi connectivity index (χ1v) is 18.8. The Bertz CT molecular complexity index is 923. The number of carbonyl (C=O) groups excluding carboxylic acids is 2. The zero-order valence-corrected chi connectivity index (χ0v) is 25.5. The van der Waals surface area contributed by atoms with Crippen LogP contribution in [0.15, 0.2) is 48.5 Å². The molecule has 0 saturated carbocycles. The lowest BCUT2D eigenvalue weighted by Crippen LogP contribution is -2.60. The summed E-state index contributed by atoms with van der Waals surface area (Å²) in [5.74, 6) is 0.678. The lowest BCUT2D eigenvalue weighted by molar-refractivity contribution is 0.0591. The van der Waals surface area contributed by atoms with Gasteiger partial charge < -0.3 is 23.1 Å². The average Bonchev–Trinajstić information content (AvgIpc) is 2.87. The molecule has 0 N–H and O–H groups in total. The predicted molar refractivity (Wildman–Crippen MR) is 150 cm³/mol. The molecule has 0 amide bonds. The molecule has 9 heteroatoms. The Hall–Kier alpha value is -2.63. The van der Waals surface area contributed by atoms with Gasteiger partial charge in [0.2, 0.25) is 16.6 Å². The molecular weight excluding hydrogens is 504 g/mol. The Balaban J connectivity index is 2.19. The second-order valence-electron chi connectivity index (χ2n) is 10.1. The number of methoxy groups -OCH3 is 2. The van der Waals surface area contributed by atoms with Gasteiger partial charge in [-0.15, -0.1) is 0 Å². The molecule has 0 fully saturated rings. The van der Waals surface area contributed by atoms with Gasteiger partial charge in [-0.25, -0.2) is 9.59 Å². The van der Waals surface area contributed by atoms with Gasteiger partial charge in [0.25, 0.3) is 0 Å². The van der Waals surface area contributed by atoms with Gasteiger partial charge in [-0.05, 0) is 87.6 Å². The Labute approximate surface area is 223 Å². The molecule has 7 nitrogen and oxygen atoms in total. The van der Waals surface area contributed by atoms with E-state index in [2.05, 4.69) is 40.0 Å². The minimum atomic E-state index is -2.35. The molecule has 0 radical (unpaired) electrons. The molecule has 2 aromatic rings. The minimum absolute atomic E-state index is 0.0603. The maximum absolute atomic E-state index is 11.8. The van der Waals surface area contributed by atoms with Crippen LogP contribution in [0.1, 0.15) is 60.2 Å². The average molecular weight is 547 g/mol. The molecule has 2 atom stereocenters. The number of ether oxygens (including phenoxy) is 4. The molecule has 0 aromatic heterocycles. The van der Waals surface area contributed by atoms with Crippen molar-refractivity contribution in [1.82, 2.24) is 0 Å². The third-order valence-corrected chi connectivity index (χ3v) is 14.4. The Morgan fingerprint density at radius 1 is 0.649 bits per heavy atom. The van der Waals surface area contributed by atoms with Crippen molar-refractivity contribution >= 4 is 28.6 Å². The monoisotopic (exact) mass is 546 g/mol. The van der Waals surface area contributed by atoms with Crippen LogP contribution in [0, 0.1) is 0 Å². The van der Waals surface area contributed by atoms with E-state index in [1.165, 1.54) is 14.2 Å². The highest BCUT2D eigenvalue weighted by Crippen LogP contribution is 2.30. The standard InChI is InChI=1S/C28H42O7Si2/c1-9-11-25(33-23-17-13-21(14-18-23)27(29)31-3)36(5,6)35-37(7,8)26(12-10-2)34-24-19-15-22(16-20-24)28(30)32-4/h13-20,25-26H,9-12H2,1-8H3. The second-order valence-corrected chi connectivity index (χ2v) is 18.6. The van der Waals surface area contributed by atoms with Crippen LogP contribution in [0.5, 0.6) is 11.5 Å². The predicted octanol–water partition coefficient (Wildman–Crippen LogP) is 6.56. The summed E-state index contributed by atoms with van der Waals surface area (Å²) >= 11 is 0. The molecule has 37 heavy (non-hydrogen) atoms. The number of esters is 2. The Kier molecular flexibility index (Phi) is 11.4. The van der Waals surface area contributed by atoms with E-state index in [1.807, 2.05) is 24.3 Å². The number of carbonyl (C=O) groups is 2. The summed E-state index contributed by atoms with van der Waals surface area (Å²) in [5, 5.41) is 0. The smallest absolute Gasteiger partial charge is 0.337 e. The summed E-state index contributed by atoms with van der Waals surface area (Å²) in [7, 11) is -1.95. The normalized spacial score (nSPS) is 13.4. The summed E-state index contributed by atoms with van der Waals surface area (Å²) in [6.45, 7) is 13.1. The van der Waals surface area contributed by atoms with E-state index < -0.39 is 16.6 Å². The van der Waals surface area contributed by atoms with Crippen molar-refractivity contribution in [2.45, 2.75) is 77.2 Å². The topological polar surface area (TPSA) is 80.3 Å². The number of rotatable bonds is 14. The van der Waals surface area contributed by atoms with Gasteiger partial charge in [0.1, 0.15) is 23.0 Å². The van der Waals surface area contributed by atoms with Gasteiger partial charge in [-0.3, -0.25) is 0 Å². The molecule has 204 valence electrons. The second kappa shape index (κ2) is 13.8. The summed E-state index contributed by atoms with van der Waals surface area (Å²) in [6.07, 6.45) is 3.68. The summed E-state index contributed by atoms with van der Waals surface area (Å²) in [5.41, 5.74) is 0.856. The van der Waals surface area contributed by atoms with Crippen LogP contribution in [0.2, 0.25) is 26.2 Å². The molecule has 0 aliphatic rings. The van der Waals surface area contributed by atoms with Crippen LogP contribution in [-0.4, -0.2) is 54.2 Å². The third kappa shape index (κ3) is 8.72. The van der Waals surface area contributed by atoms with Crippen molar-refractivity contribution in [3.8, 4) is 11.5 Å². The lowest BCUT2D eigenvalue weighted by Gasteiger charge is -2.42. The summed E-state index contributed by atoms with van der Waals surface area (Å²) < 4.78 is 29.5.